The van der Waals surface area contributed by atoms with Crippen LogP contribution in [0.1, 0.15) is 36.9 Å². The zero-order chi connectivity index (χ0) is 13.8. The Morgan fingerprint density at radius 1 is 1.68 bits per heavy atom. The smallest absolute Gasteiger partial charge is 0.249 e. The van der Waals surface area contributed by atoms with Gasteiger partial charge in [-0.25, -0.2) is 14.7 Å². The molecule has 1 aliphatic carbocycles. The minimum atomic E-state index is 0.240. The van der Waals surface area contributed by atoms with Gasteiger partial charge in [0.1, 0.15) is 12.4 Å². The summed E-state index contributed by atoms with van der Waals surface area (Å²) in [4.78, 5) is 18.3. The molecule has 6 nitrogen and oxygen atoms in total. The summed E-state index contributed by atoms with van der Waals surface area (Å²) in [7, 11) is 0. The van der Waals surface area contributed by atoms with Crippen LogP contribution in [0.4, 0.5) is 0 Å². The van der Waals surface area contributed by atoms with Crippen LogP contribution in [0.2, 0.25) is 0 Å². The molecule has 0 aromatic carbocycles. The first-order valence-corrected chi connectivity index (χ1v) is 5.86. The first kappa shape index (κ1) is 12.9. The van der Waals surface area contributed by atoms with Crippen LogP contribution in [0.25, 0.3) is 0 Å². The lowest BCUT2D eigenvalue weighted by Crippen LogP contribution is -2.09. The third kappa shape index (κ3) is 2.83. The number of aldehydes is 1. The number of rotatable bonds is 3. The molecule has 1 heterocycles. The van der Waals surface area contributed by atoms with Crippen LogP contribution in [0.3, 0.4) is 0 Å². The number of aromatic nitrogens is 2. The second-order valence-electron chi connectivity index (χ2n) is 4.34. The van der Waals surface area contributed by atoms with Crippen molar-refractivity contribution >= 4 is 19.0 Å². The van der Waals surface area contributed by atoms with Crippen molar-refractivity contribution in [2.75, 3.05) is 0 Å². The molecule has 1 aromatic rings. The zero-order valence-corrected chi connectivity index (χ0v) is 10.6. The molecule has 6 heteroatoms. The van der Waals surface area contributed by atoms with Gasteiger partial charge in [-0.3, -0.25) is 4.79 Å². The average Bonchev–Trinajstić information content (AvgIpc) is 3.19. The Morgan fingerprint density at radius 3 is 2.95 bits per heavy atom. The van der Waals surface area contributed by atoms with E-state index in [2.05, 4.69) is 27.9 Å². The fourth-order valence-corrected chi connectivity index (χ4v) is 1.60. The maximum Gasteiger partial charge on any atom is 0.249 e. The molecule has 0 N–H and O–H groups in total. The number of aliphatic imine (C=N–C) groups is 2. The molecule has 0 amide bonds. The van der Waals surface area contributed by atoms with Crippen molar-refractivity contribution in [3.63, 3.8) is 0 Å². The van der Waals surface area contributed by atoms with Gasteiger partial charge < -0.3 is 0 Å². The van der Waals surface area contributed by atoms with Gasteiger partial charge in [0.15, 0.2) is 0 Å². The van der Waals surface area contributed by atoms with E-state index in [1.54, 1.807) is 13.1 Å². The maximum absolute atomic E-state index is 10.5. The van der Waals surface area contributed by atoms with Crippen LogP contribution in [0.5, 0.6) is 0 Å². The largest absolute Gasteiger partial charge is 0.298 e. The van der Waals surface area contributed by atoms with E-state index in [0.717, 1.165) is 18.5 Å². The highest BCUT2D eigenvalue weighted by atomic mass is 16.1. The molecule has 96 valence electrons. The third-order valence-electron chi connectivity index (χ3n) is 2.74. The molecule has 1 aliphatic rings. The van der Waals surface area contributed by atoms with Crippen molar-refractivity contribution in [3.05, 3.63) is 29.2 Å². The molecular formula is C13H13N5O. The van der Waals surface area contributed by atoms with Gasteiger partial charge in [0, 0.05) is 17.7 Å². The Bertz CT molecular complexity index is 613. The Kier molecular flexibility index (Phi) is 3.66. The van der Waals surface area contributed by atoms with Crippen LogP contribution in [0.15, 0.2) is 28.0 Å². The lowest BCUT2D eigenvalue weighted by atomic mass is 10.2. The van der Waals surface area contributed by atoms with Gasteiger partial charge in [0.2, 0.25) is 5.96 Å². The molecule has 0 radical (unpaired) electrons. The van der Waals surface area contributed by atoms with E-state index in [1.165, 1.54) is 10.9 Å². The minimum Gasteiger partial charge on any atom is -0.298 e. The molecule has 19 heavy (non-hydrogen) atoms. The number of hydrogen-bond donors (Lipinski definition) is 0. The number of allylic oxidation sites excluding steroid dienone is 1. The molecule has 0 unspecified atom stereocenters. The molecule has 0 aliphatic heterocycles. The van der Waals surface area contributed by atoms with E-state index >= 15 is 0 Å². The van der Waals surface area contributed by atoms with Crippen molar-refractivity contribution in [1.82, 2.24) is 9.78 Å². The topological polar surface area (TPSA) is 83.4 Å². The fraction of sp³-hybridized carbons (Fsp3) is 0.308. The molecule has 0 bridgehead atoms. The SMILES string of the molecule is C=NC(=N/C=C(\C)C=O)n1cc(C#N)c(C2CC2)n1. The highest BCUT2D eigenvalue weighted by Gasteiger charge is 2.29. The third-order valence-corrected chi connectivity index (χ3v) is 2.74. The number of nitrogens with zero attached hydrogens (tertiary/aromatic N) is 5. The van der Waals surface area contributed by atoms with E-state index < -0.39 is 0 Å². The summed E-state index contributed by atoms with van der Waals surface area (Å²) in [6.07, 6.45) is 5.80. The summed E-state index contributed by atoms with van der Waals surface area (Å²) in [5.74, 6) is 0.610. The quantitative estimate of drug-likeness (QED) is 0.356. The normalized spacial score (nSPS) is 16.0. The molecule has 1 fully saturated rings. The highest BCUT2D eigenvalue weighted by molar-refractivity contribution is 5.86. The van der Waals surface area contributed by atoms with Gasteiger partial charge in [-0.1, -0.05) is 0 Å². The van der Waals surface area contributed by atoms with E-state index in [4.69, 9.17) is 5.26 Å². The average molecular weight is 255 g/mol. The summed E-state index contributed by atoms with van der Waals surface area (Å²) >= 11 is 0. The standard InChI is InChI=1S/C13H13N5O/c1-9(8-19)6-16-13(15-2)18-7-11(5-14)12(17-18)10-3-4-10/h6-8,10H,2-4H2,1H3/b9-6+,16-13?. The van der Waals surface area contributed by atoms with Gasteiger partial charge in [0.25, 0.3) is 0 Å². The number of carbonyl (C=O) groups is 1. The summed E-state index contributed by atoms with van der Waals surface area (Å²) in [6.45, 7) is 5.06. The molecular weight excluding hydrogens is 242 g/mol. The molecule has 1 saturated carbocycles. The Hall–Kier alpha value is -2.55. The Labute approximate surface area is 110 Å². The fourth-order valence-electron chi connectivity index (χ4n) is 1.60. The first-order valence-electron chi connectivity index (χ1n) is 5.86. The molecule has 1 aromatic heterocycles. The zero-order valence-electron chi connectivity index (χ0n) is 10.6. The van der Waals surface area contributed by atoms with Crippen molar-refractivity contribution < 1.29 is 4.79 Å². The van der Waals surface area contributed by atoms with Crippen LogP contribution in [-0.4, -0.2) is 28.7 Å². The van der Waals surface area contributed by atoms with Gasteiger partial charge >= 0.3 is 0 Å². The van der Waals surface area contributed by atoms with Crippen LogP contribution < -0.4 is 0 Å². The van der Waals surface area contributed by atoms with E-state index in [1.807, 2.05) is 0 Å². The first-order chi connectivity index (χ1) is 9.19. The van der Waals surface area contributed by atoms with Crippen molar-refractivity contribution in [2.24, 2.45) is 9.98 Å². The van der Waals surface area contributed by atoms with E-state index in [-0.39, 0.29) is 5.96 Å². The van der Waals surface area contributed by atoms with Gasteiger partial charge in [-0.15, -0.1) is 0 Å². The molecule has 0 spiro atoms. The van der Waals surface area contributed by atoms with Crippen molar-refractivity contribution in [2.45, 2.75) is 25.7 Å². The lowest BCUT2D eigenvalue weighted by Gasteiger charge is -1.97. The van der Waals surface area contributed by atoms with Gasteiger partial charge in [-0.2, -0.15) is 10.4 Å². The van der Waals surface area contributed by atoms with E-state index in [9.17, 15) is 4.79 Å². The summed E-state index contributed by atoms with van der Waals surface area (Å²) in [5.41, 5.74) is 1.79. The van der Waals surface area contributed by atoms with Crippen molar-refractivity contribution in [3.8, 4) is 6.07 Å². The highest BCUT2D eigenvalue weighted by Crippen LogP contribution is 2.40. The summed E-state index contributed by atoms with van der Waals surface area (Å²) in [6, 6.07) is 2.12. The minimum absolute atomic E-state index is 0.240. The van der Waals surface area contributed by atoms with Crippen LogP contribution in [-0.2, 0) is 4.79 Å². The number of hydrogen-bond acceptors (Lipinski definition) is 4. The summed E-state index contributed by atoms with van der Waals surface area (Å²) < 4.78 is 1.42. The molecule has 0 atom stereocenters. The monoisotopic (exact) mass is 255 g/mol. The van der Waals surface area contributed by atoms with E-state index in [0.29, 0.717) is 23.3 Å². The number of nitriles is 1. The van der Waals surface area contributed by atoms with Gasteiger partial charge in [0.05, 0.1) is 17.5 Å². The molecule has 0 saturated heterocycles. The summed E-state index contributed by atoms with van der Waals surface area (Å²) in [5, 5.41) is 13.4. The lowest BCUT2D eigenvalue weighted by molar-refractivity contribution is -0.104. The Morgan fingerprint density at radius 2 is 2.42 bits per heavy atom. The Balaban J connectivity index is 2.36. The van der Waals surface area contributed by atoms with Crippen LogP contribution >= 0.6 is 0 Å². The number of carbonyl (C=O) groups excluding carboxylic acids is 1. The molecule has 2 rings (SSSR count). The van der Waals surface area contributed by atoms with Gasteiger partial charge in [-0.05, 0) is 26.5 Å². The van der Waals surface area contributed by atoms with Crippen LogP contribution in [0, 0.1) is 11.3 Å². The predicted molar refractivity (Wildman–Crippen MR) is 71.1 cm³/mol. The van der Waals surface area contributed by atoms with Crippen molar-refractivity contribution in [1.29, 1.82) is 5.26 Å². The maximum atomic E-state index is 10.5. The predicted octanol–water partition coefficient (Wildman–Crippen LogP) is 1.64. The second-order valence-corrected chi connectivity index (χ2v) is 4.34. The second kappa shape index (κ2) is 5.40.